The van der Waals surface area contributed by atoms with Gasteiger partial charge in [0.15, 0.2) is 0 Å². The number of phosphoric ester groups is 1. The van der Waals surface area contributed by atoms with E-state index >= 15 is 0 Å². The minimum absolute atomic E-state index is 0.0518. The van der Waals surface area contributed by atoms with Gasteiger partial charge in [0.25, 0.3) is 0 Å². The van der Waals surface area contributed by atoms with Gasteiger partial charge in [-0.2, -0.15) is 0 Å². The zero-order chi connectivity index (χ0) is 46.4. The van der Waals surface area contributed by atoms with E-state index in [1.807, 2.05) is 27.2 Å². The highest BCUT2D eigenvalue weighted by molar-refractivity contribution is 7.47. The Morgan fingerprint density at radius 1 is 0.556 bits per heavy atom. The van der Waals surface area contributed by atoms with E-state index in [0.717, 1.165) is 116 Å². The molecule has 0 aromatic rings. The number of allylic oxidation sites excluding steroid dienone is 19. The lowest BCUT2D eigenvalue weighted by molar-refractivity contribution is -0.870. The van der Waals surface area contributed by atoms with Crippen LogP contribution in [0, 0.1) is 0 Å². The third kappa shape index (κ3) is 46.7. The average Bonchev–Trinajstić information content (AvgIpc) is 3.24. The number of rotatable bonds is 42. The molecule has 3 unspecified atom stereocenters. The molecule has 3 N–H and O–H groups in total. The van der Waals surface area contributed by atoms with Gasteiger partial charge in [0.05, 0.1) is 39.9 Å². The maximum absolute atomic E-state index is 12.8. The van der Waals surface area contributed by atoms with Crippen LogP contribution in [0.4, 0.5) is 0 Å². The molecular weight excluding hydrogens is 804 g/mol. The minimum atomic E-state index is -4.34. The first-order chi connectivity index (χ1) is 30.5. The maximum Gasteiger partial charge on any atom is 0.472 e. The van der Waals surface area contributed by atoms with E-state index in [2.05, 4.69) is 129 Å². The van der Waals surface area contributed by atoms with Crippen LogP contribution >= 0.6 is 7.82 Å². The Balaban J connectivity index is 4.07. The SMILES string of the molecule is CC/C=C\C/C=C\C/C=C\C/C=C\C/C=C\C/C=C\C/C=C\C/C=C\C/C=C\CCCCCCCCCC(=O)NC(COP(=O)(O)OCC[N+](C)(C)C)C(O)/C=C/CCCCCC. The van der Waals surface area contributed by atoms with Crippen molar-refractivity contribution in [2.75, 3.05) is 40.9 Å². The summed E-state index contributed by atoms with van der Waals surface area (Å²) in [6, 6.07) is -0.857. The fraction of sp³-hybridized carbons (Fsp3) is 0.611. The van der Waals surface area contributed by atoms with E-state index < -0.39 is 20.0 Å². The van der Waals surface area contributed by atoms with Crippen molar-refractivity contribution in [3.8, 4) is 0 Å². The van der Waals surface area contributed by atoms with Crippen molar-refractivity contribution in [3.05, 3.63) is 122 Å². The van der Waals surface area contributed by atoms with Crippen molar-refractivity contribution < 1.29 is 32.9 Å². The van der Waals surface area contributed by atoms with Gasteiger partial charge in [-0.3, -0.25) is 13.8 Å². The van der Waals surface area contributed by atoms with Gasteiger partial charge in [-0.05, 0) is 89.9 Å². The van der Waals surface area contributed by atoms with Crippen LogP contribution in [0.25, 0.3) is 0 Å². The van der Waals surface area contributed by atoms with Gasteiger partial charge < -0.3 is 19.8 Å². The Bertz CT molecular complexity index is 1430. The minimum Gasteiger partial charge on any atom is -0.387 e. The lowest BCUT2D eigenvalue weighted by atomic mass is 10.1. The number of likely N-dealkylation sites (N-methyl/N-ethyl adjacent to an activating group) is 1. The molecule has 0 rings (SSSR count). The van der Waals surface area contributed by atoms with Crippen molar-refractivity contribution >= 4 is 13.7 Å². The van der Waals surface area contributed by atoms with E-state index in [1.165, 1.54) is 25.7 Å². The fourth-order valence-corrected chi connectivity index (χ4v) is 6.83. The van der Waals surface area contributed by atoms with Gasteiger partial charge in [-0.1, -0.05) is 187 Å². The zero-order valence-corrected chi connectivity index (χ0v) is 41.4. The van der Waals surface area contributed by atoms with Gasteiger partial charge in [-0.15, -0.1) is 0 Å². The third-order valence-electron chi connectivity index (χ3n) is 9.94. The zero-order valence-electron chi connectivity index (χ0n) is 40.5. The summed E-state index contributed by atoms with van der Waals surface area (Å²) in [5.74, 6) is -0.201. The van der Waals surface area contributed by atoms with Crippen molar-refractivity contribution in [1.82, 2.24) is 5.32 Å². The number of aliphatic hydroxyl groups excluding tert-OH is 1. The van der Waals surface area contributed by atoms with Crippen LogP contribution in [-0.2, 0) is 18.4 Å². The number of nitrogens with zero attached hydrogens (tertiary/aromatic N) is 1. The van der Waals surface area contributed by atoms with Crippen LogP contribution in [0.2, 0.25) is 0 Å². The summed E-state index contributed by atoms with van der Waals surface area (Å²) >= 11 is 0. The van der Waals surface area contributed by atoms with Gasteiger partial charge >= 0.3 is 7.82 Å². The second-order valence-electron chi connectivity index (χ2n) is 17.1. The average molecular weight is 896 g/mol. The predicted molar refractivity (Wildman–Crippen MR) is 272 cm³/mol. The molecule has 8 nitrogen and oxygen atoms in total. The fourth-order valence-electron chi connectivity index (χ4n) is 6.09. The lowest BCUT2D eigenvalue weighted by Crippen LogP contribution is -2.45. The van der Waals surface area contributed by atoms with E-state index in [4.69, 9.17) is 9.05 Å². The molecule has 0 aromatic carbocycles. The molecule has 0 saturated carbocycles. The smallest absolute Gasteiger partial charge is 0.387 e. The Morgan fingerprint density at radius 2 is 0.952 bits per heavy atom. The van der Waals surface area contributed by atoms with Crippen molar-refractivity contribution in [2.24, 2.45) is 0 Å². The number of carbonyl (C=O) groups is 1. The van der Waals surface area contributed by atoms with E-state index in [1.54, 1.807) is 6.08 Å². The second-order valence-corrected chi connectivity index (χ2v) is 18.6. The molecule has 63 heavy (non-hydrogen) atoms. The molecule has 0 aromatic heterocycles. The first-order valence-corrected chi connectivity index (χ1v) is 25.9. The summed E-state index contributed by atoms with van der Waals surface area (Å²) in [5, 5.41) is 13.7. The summed E-state index contributed by atoms with van der Waals surface area (Å²) in [5.41, 5.74) is 0. The Hall–Kier alpha value is -3.10. The molecule has 0 aliphatic heterocycles. The largest absolute Gasteiger partial charge is 0.472 e. The summed E-state index contributed by atoms with van der Waals surface area (Å²) in [6.45, 7) is 4.57. The van der Waals surface area contributed by atoms with Gasteiger partial charge in [0, 0.05) is 6.42 Å². The van der Waals surface area contributed by atoms with E-state index in [0.29, 0.717) is 17.4 Å². The third-order valence-corrected chi connectivity index (χ3v) is 10.9. The Kier molecular flexibility index (Phi) is 41.9. The number of amides is 1. The molecule has 0 aliphatic rings. The quantitative estimate of drug-likeness (QED) is 0.0244. The standard InChI is InChI=1S/C54H91N2O6P/c1-6-8-10-12-14-15-16-17-18-19-20-21-22-23-24-25-26-27-28-29-30-31-32-33-34-35-36-37-38-39-40-41-42-44-46-48-54(58)55-52(53(57)47-45-43-13-11-9-7-2)51-62-63(59,60)61-50-49-56(3,4)5/h8,10,14-15,17-18,20-21,23-24,26-27,29-30,32-33,35-36,45,47,52-53,57H,6-7,9,11-13,16,19,22,25,28,31,34,37-44,46,48-51H2,1-5H3,(H-,55,58,59,60)/p+1/b10-8-,15-14-,18-17-,21-20-,24-23-,27-26-,30-29-,33-32-,36-35-,47-45+. The normalized spacial score (nSPS) is 15.2. The molecule has 0 heterocycles. The lowest BCUT2D eigenvalue weighted by Gasteiger charge is -2.25. The van der Waals surface area contributed by atoms with Crippen LogP contribution in [0.5, 0.6) is 0 Å². The van der Waals surface area contributed by atoms with Crippen LogP contribution in [0.3, 0.4) is 0 Å². The number of aliphatic hydroxyl groups is 1. The van der Waals surface area contributed by atoms with Crippen LogP contribution in [0.1, 0.15) is 162 Å². The molecule has 1 amide bonds. The number of hydrogen-bond acceptors (Lipinski definition) is 5. The highest BCUT2D eigenvalue weighted by Gasteiger charge is 2.27. The molecule has 0 fully saturated rings. The van der Waals surface area contributed by atoms with E-state index in [-0.39, 0.29) is 19.1 Å². The number of unbranched alkanes of at least 4 members (excludes halogenated alkanes) is 11. The molecule has 0 bridgehead atoms. The highest BCUT2D eigenvalue weighted by Crippen LogP contribution is 2.43. The molecule has 0 saturated heterocycles. The number of phosphoric acid groups is 1. The monoisotopic (exact) mass is 896 g/mol. The number of hydrogen-bond donors (Lipinski definition) is 3. The molecule has 3 atom stereocenters. The summed E-state index contributed by atoms with van der Waals surface area (Å²) < 4.78 is 23.4. The molecule has 0 radical (unpaired) electrons. The van der Waals surface area contributed by atoms with Gasteiger partial charge in [-0.25, -0.2) is 4.57 Å². The molecule has 0 spiro atoms. The molecule has 0 aliphatic carbocycles. The summed E-state index contributed by atoms with van der Waals surface area (Å²) in [7, 11) is 1.54. The van der Waals surface area contributed by atoms with Crippen molar-refractivity contribution in [3.63, 3.8) is 0 Å². The van der Waals surface area contributed by atoms with Crippen molar-refractivity contribution in [2.45, 2.75) is 174 Å². The van der Waals surface area contributed by atoms with Crippen LogP contribution in [-0.4, -0.2) is 73.4 Å². The second kappa shape index (κ2) is 44.1. The first-order valence-electron chi connectivity index (χ1n) is 24.4. The highest BCUT2D eigenvalue weighted by atomic mass is 31.2. The molecular formula is C54H92N2O6P+. The summed E-state index contributed by atoms with van der Waals surface area (Å²) in [4.78, 5) is 23.0. The van der Waals surface area contributed by atoms with E-state index in [9.17, 15) is 19.4 Å². The molecule has 9 heteroatoms. The molecule has 358 valence electrons. The predicted octanol–water partition coefficient (Wildman–Crippen LogP) is 14.2. The summed E-state index contributed by atoms with van der Waals surface area (Å²) in [6.07, 6.45) is 66.0. The maximum atomic E-state index is 12.8. The number of carbonyl (C=O) groups excluding carboxylic acids is 1. The topological polar surface area (TPSA) is 105 Å². The number of nitrogens with one attached hydrogen (secondary N) is 1. The van der Waals surface area contributed by atoms with Crippen LogP contribution in [0.15, 0.2) is 122 Å². The first kappa shape index (κ1) is 59.9. The number of quaternary nitrogens is 1. The Labute approximate surface area is 386 Å². The van der Waals surface area contributed by atoms with Crippen molar-refractivity contribution in [1.29, 1.82) is 0 Å². The van der Waals surface area contributed by atoms with Gasteiger partial charge in [0.1, 0.15) is 13.2 Å². The van der Waals surface area contributed by atoms with Gasteiger partial charge in [0.2, 0.25) is 5.91 Å². The van der Waals surface area contributed by atoms with Crippen LogP contribution < -0.4 is 5.32 Å². The Morgan fingerprint density at radius 3 is 1.40 bits per heavy atom.